The summed E-state index contributed by atoms with van der Waals surface area (Å²) in [6.45, 7) is 2.29. The number of halogens is 2. The Morgan fingerprint density at radius 1 is 1.41 bits per heavy atom. The Hall–Kier alpha value is -3.27. The second kappa shape index (κ2) is 8.82. The van der Waals surface area contributed by atoms with Crippen LogP contribution < -0.4 is 4.74 Å². The number of aryl methyl sites for hydroxylation is 1. The van der Waals surface area contributed by atoms with Gasteiger partial charge in [0.05, 0.1) is 15.6 Å². The lowest BCUT2D eigenvalue weighted by Gasteiger charge is -2.05. The highest BCUT2D eigenvalue weighted by molar-refractivity contribution is 9.10. The summed E-state index contributed by atoms with van der Waals surface area (Å²) in [5.41, 5.74) is 0.0825. The number of rotatable bonds is 8. The molecular weight excluding hydrogens is 449 g/mol. The van der Waals surface area contributed by atoms with Crippen molar-refractivity contribution in [1.29, 1.82) is 0 Å². The summed E-state index contributed by atoms with van der Waals surface area (Å²) in [4.78, 5) is 22.7. The lowest BCUT2D eigenvalue weighted by molar-refractivity contribution is -0.386. The van der Waals surface area contributed by atoms with Gasteiger partial charge in [0, 0.05) is 18.7 Å². The third-order valence-corrected chi connectivity index (χ3v) is 4.48. The molecule has 0 spiro atoms. The fourth-order valence-electron chi connectivity index (χ4n) is 2.55. The van der Waals surface area contributed by atoms with Crippen molar-refractivity contribution < 1.29 is 23.3 Å². The molecule has 0 aliphatic rings. The van der Waals surface area contributed by atoms with Crippen LogP contribution in [0.5, 0.6) is 5.75 Å². The van der Waals surface area contributed by atoms with Crippen molar-refractivity contribution in [1.82, 2.24) is 9.78 Å². The first-order chi connectivity index (χ1) is 13.9. The average Bonchev–Trinajstić information content (AvgIpc) is 3.30. The van der Waals surface area contributed by atoms with Gasteiger partial charge < -0.3 is 9.15 Å². The number of hydrogen-bond acceptors (Lipinski definition) is 6. The zero-order chi connectivity index (χ0) is 21.0. The summed E-state index contributed by atoms with van der Waals surface area (Å²) in [6.07, 6.45) is 4.41. The van der Waals surface area contributed by atoms with Crippen molar-refractivity contribution in [3.8, 4) is 5.75 Å². The molecule has 1 aromatic carbocycles. The van der Waals surface area contributed by atoms with Crippen molar-refractivity contribution in [2.45, 2.75) is 20.1 Å². The number of nitrogens with zero attached hydrogens (tertiary/aromatic N) is 3. The summed E-state index contributed by atoms with van der Waals surface area (Å²) >= 11 is 3.30. The molecule has 0 fully saturated rings. The monoisotopic (exact) mass is 463 g/mol. The molecule has 0 radical (unpaired) electrons. The van der Waals surface area contributed by atoms with E-state index in [-0.39, 0.29) is 23.8 Å². The van der Waals surface area contributed by atoms with Crippen LogP contribution in [0.25, 0.3) is 6.08 Å². The normalized spacial score (nSPS) is 11.1. The number of nitro groups is 1. The Morgan fingerprint density at radius 3 is 2.93 bits per heavy atom. The van der Waals surface area contributed by atoms with Crippen molar-refractivity contribution >= 4 is 33.5 Å². The van der Waals surface area contributed by atoms with E-state index in [1.54, 1.807) is 23.0 Å². The Morgan fingerprint density at radius 2 is 2.21 bits per heavy atom. The van der Waals surface area contributed by atoms with Gasteiger partial charge in [-0.25, -0.2) is 4.39 Å². The molecule has 3 rings (SSSR count). The van der Waals surface area contributed by atoms with Gasteiger partial charge in [0.1, 0.15) is 29.6 Å². The maximum absolute atomic E-state index is 13.3. The van der Waals surface area contributed by atoms with Crippen LogP contribution in [0.4, 0.5) is 10.1 Å². The Balaban J connectivity index is 1.68. The van der Waals surface area contributed by atoms with Crippen LogP contribution in [-0.4, -0.2) is 20.5 Å². The minimum Gasteiger partial charge on any atom is -0.479 e. The zero-order valence-corrected chi connectivity index (χ0v) is 16.8. The SMILES string of the molecule is CCn1ncc(Br)c1C(=O)/C=C/c1ccc(COc2cc(F)ccc2[N+](=O)[O-])o1. The summed E-state index contributed by atoms with van der Waals surface area (Å²) < 4.78 is 26.4. The molecule has 0 aliphatic carbocycles. The number of nitro benzene ring substituents is 1. The lowest BCUT2D eigenvalue weighted by atomic mass is 10.2. The van der Waals surface area contributed by atoms with Gasteiger partial charge in [-0.3, -0.25) is 19.6 Å². The molecule has 0 N–H and O–H groups in total. The van der Waals surface area contributed by atoms with E-state index in [9.17, 15) is 19.3 Å². The van der Waals surface area contributed by atoms with Gasteiger partial charge >= 0.3 is 5.69 Å². The summed E-state index contributed by atoms with van der Waals surface area (Å²) in [5.74, 6) is -0.346. The maximum Gasteiger partial charge on any atom is 0.311 e. The van der Waals surface area contributed by atoms with E-state index in [1.807, 2.05) is 6.92 Å². The highest BCUT2D eigenvalue weighted by Gasteiger charge is 2.17. The molecule has 8 nitrogen and oxygen atoms in total. The Labute approximate surface area is 172 Å². The van der Waals surface area contributed by atoms with Gasteiger partial charge in [-0.05, 0) is 53.2 Å². The van der Waals surface area contributed by atoms with Gasteiger partial charge in [-0.1, -0.05) is 0 Å². The standard InChI is InChI=1S/C19H15BrFN3O5/c1-2-23-19(15(20)10-22-23)17(25)8-6-13-4-5-14(29-13)11-28-18-9-12(21)3-7-16(18)24(26)27/h3-10H,2,11H2,1H3/b8-6+. The summed E-state index contributed by atoms with van der Waals surface area (Å²) in [6, 6.07) is 6.18. The average molecular weight is 464 g/mol. The predicted molar refractivity (Wildman–Crippen MR) is 105 cm³/mol. The maximum atomic E-state index is 13.3. The number of allylic oxidation sites excluding steroid dienone is 1. The number of hydrogen-bond donors (Lipinski definition) is 0. The molecule has 0 unspecified atom stereocenters. The van der Waals surface area contributed by atoms with Crippen LogP contribution in [0.3, 0.4) is 0 Å². The quantitative estimate of drug-likeness (QED) is 0.206. The van der Waals surface area contributed by atoms with Gasteiger partial charge in [-0.2, -0.15) is 5.10 Å². The van der Waals surface area contributed by atoms with E-state index in [0.717, 1.165) is 18.2 Å². The molecule has 150 valence electrons. The zero-order valence-electron chi connectivity index (χ0n) is 15.2. The number of carbonyl (C=O) groups excluding carboxylic acids is 1. The van der Waals surface area contributed by atoms with E-state index in [4.69, 9.17) is 9.15 Å². The second-order valence-electron chi connectivity index (χ2n) is 5.82. The smallest absolute Gasteiger partial charge is 0.311 e. The van der Waals surface area contributed by atoms with E-state index in [1.165, 1.54) is 12.2 Å². The van der Waals surface area contributed by atoms with E-state index >= 15 is 0 Å². The number of ether oxygens (including phenoxy) is 1. The summed E-state index contributed by atoms with van der Waals surface area (Å²) in [7, 11) is 0. The third-order valence-electron chi connectivity index (χ3n) is 3.90. The van der Waals surface area contributed by atoms with E-state index < -0.39 is 10.7 Å². The molecule has 10 heteroatoms. The van der Waals surface area contributed by atoms with Crippen molar-refractivity contribution in [2.75, 3.05) is 0 Å². The minimum atomic E-state index is -0.657. The molecule has 0 saturated carbocycles. The molecule has 0 saturated heterocycles. The lowest BCUT2D eigenvalue weighted by Crippen LogP contribution is -2.07. The van der Waals surface area contributed by atoms with Gasteiger partial charge in [0.25, 0.3) is 0 Å². The molecular formula is C19H15BrFN3O5. The van der Waals surface area contributed by atoms with Crippen molar-refractivity contribution in [2.24, 2.45) is 0 Å². The van der Waals surface area contributed by atoms with Crippen LogP contribution in [0.2, 0.25) is 0 Å². The number of aromatic nitrogens is 2. The fourth-order valence-corrected chi connectivity index (χ4v) is 3.04. The largest absolute Gasteiger partial charge is 0.479 e. The first-order valence-electron chi connectivity index (χ1n) is 8.48. The first kappa shape index (κ1) is 20.5. The van der Waals surface area contributed by atoms with Crippen molar-refractivity contribution in [3.05, 3.63) is 80.2 Å². The van der Waals surface area contributed by atoms with Crippen LogP contribution >= 0.6 is 15.9 Å². The molecule has 0 atom stereocenters. The Bertz CT molecular complexity index is 1090. The molecule has 3 aromatic rings. The van der Waals surface area contributed by atoms with Gasteiger partial charge in [-0.15, -0.1) is 0 Å². The fraction of sp³-hybridized carbons (Fsp3) is 0.158. The molecule has 0 bridgehead atoms. The highest BCUT2D eigenvalue weighted by Crippen LogP contribution is 2.28. The number of carbonyl (C=O) groups is 1. The van der Waals surface area contributed by atoms with Crippen LogP contribution in [0, 0.1) is 15.9 Å². The Kier molecular flexibility index (Phi) is 6.23. The van der Waals surface area contributed by atoms with Gasteiger partial charge in [0.2, 0.25) is 5.78 Å². The van der Waals surface area contributed by atoms with E-state index in [2.05, 4.69) is 21.0 Å². The van der Waals surface area contributed by atoms with Crippen molar-refractivity contribution in [3.63, 3.8) is 0 Å². The number of ketones is 1. The highest BCUT2D eigenvalue weighted by atomic mass is 79.9. The minimum absolute atomic E-state index is 0.139. The topological polar surface area (TPSA) is 100 Å². The molecule has 0 amide bonds. The molecule has 2 heterocycles. The number of furan rings is 1. The van der Waals surface area contributed by atoms with Crippen LogP contribution in [0.15, 0.2) is 51.5 Å². The van der Waals surface area contributed by atoms with Gasteiger partial charge in [0.15, 0.2) is 5.75 Å². The van der Waals surface area contributed by atoms with E-state index in [0.29, 0.717) is 28.2 Å². The predicted octanol–water partition coefficient (Wildman–Crippen LogP) is 4.78. The summed E-state index contributed by atoms with van der Waals surface area (Å²) in [5, 5.41) is 15.1. The van der Waals surface area contributed by atoms with Crippen LogP contribution in [0.1, 0.15) is 28.9 Å². The van der Waals surface area contributed by atoms with Crippen LogP contribution in [-0.2, 0) is 13.2 Å². The second-order valence-corrected chi connectivity index (χ2v) is 6.67. The number of benzene rings is 1. The third kappa shape index (κ3) is 4.77. The molecule has 2 aromatic heterocycles. The first-order valence-corrected chi connectivity index (χ1v) is 9.27. The molecule has 0 aliphatic heterocycles. The molecule has 29 heavy (non-hydrogen) atoms.